The van der Waals surface area contributed by atoms with Gasteiger partial charge >= 0.3 is 5.97 Å². The van der Waals surface area contributed by atoms with Gasteiger partial charge in [-0.3, -0.25) is 9.78 Å². The van der Waals surface area contributed by atoms with Gasteiger partial charge in [0.25, 0.3) is 5.91 Å². The summed E-state index contributed by atoms with van der Waals surface area (Å²) in [5.41, 5.74) is 13.5. The Bertz CT molecular complexity index is 2640. The molecule has 1 unspecified atom stereocenters. The highest BCUT2D eigenvalue weighted by atomic mass is 16.4. The number of aryl methyl sites for hydroxylation is 6. The second-order valence-corrected chi connectivity index (χ2v) is 14.9. The summed E-state index contributed by atoms with van der Waals surface area (Å²) in [6, 6.07) is 26.5. The van der Waals surface area contributed by atoms with E-state index < -0.39 is 5.97 Å². The van der Waals surface area contributed by atoms with Gasteiger partial charge in [-0.2, -0.15) is 0 Å². The maximum atomic E-state index is 12.4. The first kappa shape index (κ1) is 36.7. The van der Waals surface area contributed by atoms with Gasteiger partial charge < -0.3 is 24.5 Å². The average Bonchev–Trinajstić information content (AvgIpc) is 3.92. The number of carboxylic acid groups (broad SMARTS) is 1. The molecule has 1 fully saturated rings. The first-order valence-electron chi connectivity index (χ1n) is 19.5. The number of carbonyl (C=O) groups excluding carboxylic acids is 1. The lowest BCUT2D eigenvalue weighted by Crippen LogP contribution is -2.26. The van der Waals surface area contributed by atoms with Crippen LogP contribution in [0, 0.1) is 20.8 Å². The van der Waals surface area contributed by atoms with E-state index in [1.54, 1.807) is 19.2 Å². The molecule has 1 atom stereocenters. The van der Waals surface area contributed by atoms with Crippen LogP contribution in [-0.4, -0.2) is 54.7 Å². The molecule has 1 aliphatic heterocycles. The third-order valence-corrected chi connectivity index (χ3v) is 11.3. The Morgan fingerprint density at radius 2 is 1.59 bits per heavy atom. The fraction of sp³-hybridized carbons (Fsp3) is 0.283. The molecule has 8 rings (SSSR count). The number of hydrogen-bond donors (Lipinski definition) is 2. The van der Waals surface area contributed by atoms with Crippen molar-refractivity contribution in [3.8, 4) is 22.5 Å². The Labute approximate surface area is 326 Å². The number of hydrogen-bond acceptors (Lipinski definition) is 6. The van der Waals surface area contributed by atoms with Gasteiger partial charge in [0.1, 0.15) is 11.6 Å². The molecule has 0 saturated carbocycles. The van der Waals surface area contributed by atoms with E-state index in [9.17, 15) is 14.7 Å². The van der Waals surface area contributed by atoms with Gasteiger partial charge in [0.05, 0.1) is 33.7 Å². The zero-order chi connectivity index (χ0) is 39.1. The summed E-state index contributed by atoms with van der Waals surface area (Å²) in [6.45, 7) is 11.0. The zero-order valence-electron chi connectivity index (χ0n) is 32.6. The van der Waals surface area contributed by atoms with Crippen LogP contribution in [0.25, 0.3) is 44.6 Å². The van der Waals surface area contributed by atoms with Crippen LogP contribution in [0.3, 0.4) is 0 Å². The lowest BCUT2D eigenvalue weighted by Gasteiger charge is -2.28. The summed E-state index contributed by atoms with van der Waals surface area (Å²) in [5, 5.41) is 12.5. The van der Waals surface area contributed by atoms with Crippen molar-refractivity contribution in [2.24, 2.45) is 0 Å². The molecule has 0 spiro atoms. The number of rotatable bonds is 11. The Morgan fingerprint density at radius 1 is 0.821 bits per heavy atom. The van der Waals surface area contributed by atoms with E-state index in [0.29, 0.717) is 17.6 Å². The van der Waals surface area contributed by atoms with Crippen molar-refractivity contribution in [2.45, 2.75) is 72.5 Å². The van der Waals surface area contributed by atoms with Crippen molar-refractivity contribution in [3.63, 3.8) is 0 Å². The number of nitrogens with one attached hydrogen (secondary N) is 1. The van der Waals surface area contributed by atoms with E-state index in [-0.39, 0.29) is 17.5 Å². The quantitative estimate of drug-likeness (QED) is 0.136. The zero-order valence-corrected chi connectivity index (χ0v) is 32.6. The number of imidazole rings is 2. The highest BCUT2D eigenvalue weighted by Crippen LogP contribution is 2.39. The fourth-order valence-corrected chi connectivity index (χ4v) is 8.60. The molecule has 284 valence electrons. The van der Waals surface area contributed by atoms with Gasteiger partial charge in [-0.1, -0.05) is 35.9 Å². The molecule has 1 amide bonds. The predicted molar refractivity (Wildman–Crippen MR) is 222 cm³/mol. The van der Waals surface area contributed by atoms with Gasteiger partial charge in [0, 0.05) is 55.9 Å². The summed E-state index contributed by atoms with van der Waals surface area (Å²) in [6.07, 6.45) is 7.52. The number of aromatic carboxylic acids is 1. The largest absolute Gasteiger partial charge is 0.478 e. The molecular formula is C46H47N7O3. The minimum atomic E-state index is -0.972. The van der Waals surface area contributed by atoms with Crippen LogP contribution in [0.5, 0.6) is 0 Å². The highest BCUT2D eigenvalue weighted by Gasteiger charge is 2.31. The normalized spacial score (nSPS) is 14.2. The second kappa shape index (κ2) is 15.1. The van der Waals surface area contributed by atoms with Crippen molar-refractivity contribution in [3.05, 3.63) is 130 Å². The topological polar surface area (TPSA) is 118 Å². The average molecular weight is 746 g/mol. The minimum absolute atomic E-state index is 0.110. The molecule has 2 N–H and O–H groups in total. The number of carboxylic acids is 1. The molecule has 0 radical (unpaired) electrons. The molecule has 0 bridgehead atoms. The van der Waals surface area contributed by atoms with Crippen molar-refractivity contribution in [1.82, 2.24) is 29.4 Å². The van der Waals surface area contributed by atoms with Crippen molar-refractivity contribution < 1.29 is 14.7 Å². The molecule has 10 nitrogen and oxygen atoms in total. The van der Waals surface area contributed by atoms with E-state index in [4.69, 9.17) is 9.97 Å². The molecule has 56 heavy (non-hydrogen) atoms. The van der Waals surface area contributed by atoms with Crippen molar-refractivity contribution >= 4 is 39.6 Å². The summed E-state index contributed by atoms with van der Waals surface area (Å²) < 4.78 is 4.51. The van der Waals surface area contributed by atoms with Gasteiger partial charge in [-0.15, -0.1) is 0 Å². The second-order valence-electron chi connectivity index (χ2n) is 14.9. The number of amides is 1. The molecule has 4 aromatic carbocycles. The van der Waals surface area contributed by atoms with Gasteiger partial charge in [0.2, 0.25) is 0 Å². The smallest absolute Gasteiger partial charge is 0.335 e. The molecule has 3 aromatic heterocycles. The van der Waals surface area contributed by atoms with E-state index in [2.05, 4.69) is 88.4 Å². The number of anilines is 1. The molecule has 7 aromatic rings. The van der Waals surface area contributed by atoms with E-state index in [0.717, 1.165) is 83.7 Å². The van der Waals surface area contributed by atoms with Gasteiger partial charge in [-0.05, 0) is 130 Å². The molecular weight excluding hydrogens is 699 g/mol. The summed E-state index contributed by atoms with van der Waals surface area (Å²) in [4.78, 5) is 41.5. The van der Waals surface area contributed by atoms with Crippen LogP contribution in [0.1, 0.15) is 81.0 Å². The number of carbonyl (C=O) groups is 2. The van der Waals surface area contributed by atoms with Crippen molar-refractivity contribution in [2.75, 3.05) is 18.5 Å². The fourth-order valence-electron chi connectivity index (χ4n) is 8.60. The highest BCUT2D eigenvalue weighted by molar-refractivity contribution is 5.97. The number of benzene rings is 4. The SMILES string of the molecule is CCn1c(C2CCCN2c2ccc(CCCn3c(-c4cnccc4-c4ccc(C)cc4C)nc4cc(C(=O)O)ccc43)cc2C)nc2cc(C(=O)NC)ccc21. The summed E-state index contributed by atoms with van der Waals surface area (Å²) in [5.74, 6) is 0.743. The molecule has 4 heterocycles. The lowest BCUT2D eigenvalue weighted by atomic mass is 9.96. The Hall–Kier alpha value is -6.29. The van der Waals surface area contributed by atoms with E-state index >= 15 is 0 Å². The van der Waals surface area contributed by atoms with E-state index in [1.807, 2.05) is 42.7 Å². The Morgan fingerprint density at radius 3 is 2.34 bits per heavy atom. The third kappa shape index (κ3) is 6.69. The van der Waals surface area contributed by atoms with Crippen LogP contribution in [0.2, 0.25) is 0 Å². The predicted octanol–water partition coefficient (Wildman–Crippen LogP) is 9.09. The van der Waals surface area contributed by atoms with Crippen LogP contribution < -0.4 is 10.2 Å². The van der Waals surface area contributed by atoms with Crippen LogP contribution in [0.15, 0.2) is 91.3 Å². The van der Waals surface area contributed by atoms with Gasteiger partial charge in [0.15, 0.2) is 0 Å². The molecule has 10 heteroatoms. The van der Waals surface area contributed by atoms with Crippen molar-refractivity contribution in [1.29, 1.82) is 0 Å². The molecule has 1 aliphatic rings. The maximum absolute atomic E-state index is 12.4. The molecule has 0 aliphatic carbocycles. The lowest BCUT2D eigenvalue weighted by molar-refractivity contribution is 0.0696. The van der Waals surface area contributed by atoms with E-state index in [1.165, 1.54) is 27.9 Å². The first-order chi connectivity index (χ1) is 27.1. The number of pyridine rings is 1. The first-order valence-corrected chi connectivity index (χ1v) is 19.5. The number of fused-ring (bicyclic) bond motifs is 2. The Balaban J connectivity index is 1.06. The van der Waals surface area contributed by atoms with Crippen LogP contribution in [-0.2, 0) is 19.5 Å². The number of aromatic nitrogens is 5. The number of nitrogens with zero attached hydrogens (tertiary/aromatic N) is 6. The van der Waals surface area contributed by atoms with Crippen LogP contribution >= 0.6 is 0 Å². The standard InChI is InChI=1S/C46H47N7O3/c1-6-51-40-17-13-32(45(54)47-5)25-37(40)50-44(51)42-10-8-21-52(42)39-16-12-31(24-30(39)4)9-7-22-53-41-18-14-33(46(55)56)26-38(41)49-43(53)36-27-48-20-19-35(36)34-15-11-28(2)23-29(34)3/h11-20,23-27,42H,6-10,21-22H2,1-5H3,(H,47,54)(H,55,56). The monoisotopic (exact) mass is 745 g/mol. The summed E-state index contributed by atoms with van der Waals surface area (Å²) in [7, 11) is 1.65. The molecule has 1 saturated heterocycles. The third-order valence-electron chi connectivity index (χ3n) is 11.3. The van der Waals surface area contributed by atoms with Gasteiger partial charge in [-0.25, -0.2) is 14.8 Å². The minimum Gasteiger partial charge on any atom is -0.478 e. The summed E-state index contributed by atoms with van der Waals surface area (Å²) >= 11 is 0. The maximum Gasteiger partial charge on any atom is 0.335 e. The van der Waals surface area contributed by atoms with Crippen LogP contribution in [0.4, 0.5) is 5.69 Å². The Kier molecular flexibility index (Phi) is 9.88.